The number of fused-ring (bicyclic) bond motifs is 1. The zero-order valence-electron chi connectivity index (χ0n) is 12.5. The van der Waals surface area contributed by atoms with Crippen LogP contribution in [0.15, 0.2) is 40.8 Å². The quantitative estimate of drug-likeness (QED) is 0.726. The van der Waals surface area contributed by atoms with Crippen molar-refractivity contribution in [2.75, 3.05) is 0 Å². The summed E-state index contributed by atoms with van der Waals surface area (Å²) in [7, 11) is 0. The second kappa shape index (κ2) is 5.35. The molecule has 4 nitrogen and oxygen atoms in total. The SMILES string of the molecule is CC(=O)c1cc2oc(-c3ccc(F)cc3)c(C(=O)O)c2cc1C. The Hall–Kier alpha value is -2.95. The number of carbonyl (C=O) groups is 2. The molecule has 0 aliphatic rings. The highest BCUT2D eigenvalue weighted by molar-refractivity contribution is 6.10. The summed E-state index contributed by atoms with van der Waals surface area (Å²) in [5.41, 5.74) is 1.94. The number of carboxylic acids is 1. The van der Waals surface area contributed by atoms with Gasteiger partial charge in [-0.1, -0.05) is 0 Å². The average Bonchev–Trinajstić information content (AvgIpc) is 2.85. The molecule has 0 radical (unpaired) electrons. The number of hydrogen-bond acceptors (Lipinski definition) is 3. The van der Waals surface area contributed by atoms with Gasteiger partial charge in [0.2, 0.25) is 0 Å². The summed E-state index contributed by atoms with van der Waals surface area (Å²) in [6.07, 6.45) is 0. The molecule has 0 saturated heterocycles. The van der Waals surface area contributed by atoms with Crippen LogP contribution in [-0.2, 0) is 0 Å². The molecule has 1 aromatic heterocycles. The van der Waals surface area contributed by atoms with Gasteiger partial charge in [0.25, 0.3) is 0 Å². The number of benzene rings is 2. The molecule has 0 saturated carbocycles. The van der Waals surface area contributed by atoms with E-state index in [1.165, 1.54) is 31.2 Å². The van der Waals surface area contributed by atoms with E-state index < -0.39 is 11.8 Å². The number of aromatic carboxylic acids is 1. The summed E-state index contributed by atoms with van der Waals surface area (Å²) >= 11 is 0. The molecule has 0 aliphatic carbocycles. The Kier molecular flexibility index (Phi) is 3.48. The van der Waals surface area contributed by atoms with Crippen molar-refractivity contribution in [2.24, 2.45) is 0 Å². The number of aryl methyl sites for hydroxylation is 1. The van der Waals surface area contributed by atoms with Crippen LogP contribution in [0.2, 0.25) is 0 Å². The molecule has 23 heavy (non-hydrogen) atoms. The topological polar surface area (TPSA) is 67.5 Å². The van der Waals surface area contributed by atoms with Gasteiger partial charge >= 0.3 is 5.97 Å². The van der Waals surface area contributed by atoms with Crippen molar-refractivity contribution in [1.82, 2.24) is 0 Å². The molecule has 0 spiro atoms. The molecular formula is C18H13FO4. The van der Waals surface area contributed by atoms with Gasteiger partial charge in [-0.3, -0.25) is 4.79 Å². The van der Waals surface area contributed by atoms with Gasteiger partial charge in [-0.05, 0) is 55.8 Å². The Morgan fingerprint density at radius 1 is 1.13 bits per heavy atom. The van der Waals surface area contributed by atoms with Gasteiger partial charge in [-0.2, -0.15) is 0 Å². The van der Waals surface area contributed by atoms with E-state index >= 15 is 0 Å². The van der Waals surface area contributed by atoms with Gasteiger partial charge in [0.15, 0.2) is 5.78 Å². The maximum Gasteiger partial charge on any atom is 0.340 e. The van der Waals surface area contributed by atoms with E-state index in [4.69, 9.17) is 4.42 Å². The maximum atomic E-state index is 13.1. The molecule has 0 amide bonds. The monoisotopic (exact) mass is 312 g/mol. The third kappa shape index (κ3) is 2.50. The zero-order valence-corrected chi connectivity index (χ0v) is 12.5. The van der Waals surface area contributed by atoms with Crippen LogP contribution >= 0.6 is 0 Å². The summed E-state index contributed by atoms with van der Waals surface area (Å²) in [6, 6.07) is 8.57. The molecule has 3 aromatic rings. The highest BCUT2D eigenvalue weighted by Gasteiger charge is 2.23. The fraction of sp³-hybridized carbons (Fsp3) is 0.111. The Bertz CT molecular complexity index is 936. The first-order valence-electron chi connectivity index (χ1n) is 6.96. The Labute approximate surface area is 131 Å². The third-order valence-electron chi connectivity index (χ3n) is 3.73. The molecular weight excluding hydrogens is 299 g/mol. The highest BCUT2D eigenvalue weighted by Crippen LogP contribution is 2.35. The number of hydrogen-bond donors (Lipinski definition) is 1. The first-order chi connectivity index (χ1) is 10.9. The van der Waals surface area contributed by atoms with Crippen LogP contribution in [0.25, 0.3) is 22.3 Å². The van der Waals surface area contributed by atoms with E-state index in [1.807, 2.05) is 0 Å². The lowest BCUT2D eigenvalue weighted by Crippen LogP contribution is -1.99. The van der Waals surface area contributed by atoms with Gasteiger partial charge in [-0.15, -0.1) is 0 Å². The van der Waals surface area contributed by atoms with Gasteiger partial charge in [0, 0.05) is 16.5 Å². The van der Waals surface area contributed by atoms with Crippen molar-refractivity contribution >= 4 is 22.7 Å². The Morgan fingerprint density at radius 3 is 2.35 bits per heavy atom. The van der Waals surface area contributed by atoms with E-state index in [-0.39, 0.29) is 17.1 Å². The number of furan rings is 1. The number of rotatable bonds is 3. The fourth-order valence-corrected chi connectivity index (χ4v) is 2.65. The summed E-state index contributed by atoms with van der Waals surface area (Å²) < 4.78 is 18.8. The smallest absolute Gasteiger partial charge is 0.340 e. The first kappa shape index (κ1) is 15.0. The average molecular weight is 312 g/mol. The molecule has 0 fully saturated rings. The van der Waals surface area contributed by atoms with Gasteiger partial charge in [0.1, 0.15) is 22.7 Å². The Morgan fingerprint density at radius 2 is 1.78 bits per heavy atom. The van der Waals surface area contributed by atoms with Crippen LogP contribution in [0, 0.1) is 12.7 Å². The lowest BCUT2D eigenvalue weighted by Gasteiger charge is -2.01. The minimum absolute atomic E-state index is 0.00445. The molecule has 5 heteroatoms. The van der Waals surface area contributed by atoms with E-state index in [9.17, 15) is 19.1 Å². The fourth-order valence-electron chi connectivity index (χ4n) is 2.65. The van der Waals surface area contributed by atoms with Gasteiger partial charge < -0.3 is 9.52 Å². The Balaban J connectivity index is 2.33. The number of Topliss-reactive ketones (excluding diaryl/α,β-unsaturated/α-hetero) is 1. The summed E-state index contributed by atoms with van der Waals surface area (Å²) in [4.78, 5) is 23.3. The molecule has 3 rings (SSSR count). The summed E-state index contributed by atoms with van der Waals surface area (Å²) in [6.45, 7) is 3.18. The molecule has 0 unspecified atom stereocenters. The van der Waals surface area contributed by atoms with Crippen molar-refractivity contribution < 1.29 is 23.5 Å². The predicted octanol–water partition coefficient (Wildman–Crippen LogP) is 4.45. The maximum absolute atomic E-state index is 13.1. The normalized spacial score (nSPS) is 10.9. The summed E-state index contributed by atoms with van der Waals surface area (Å²) in [5, 5.41) is 9.95. The molecule has 1 heterocycles. The summed E-state index contributed by atoms with van der Waals surface area (Å²) in [5.74, 6) is -1.54. The largest absolute Gasteiger partial charge is 0.478 e. The van der Waals surface area contributed by atoms with E-state index in [0.717, 1.165) is 0 Å². The predicted molar refractivity (Wildman–Crippen MR) is 83.3 cm³/mol. The molecule has 1 N–H and O–H groups in total. The van der Waals surface area contributed by atoms with E-state index in [2.05, 4.69) is 0 Å². The van der Waals surface area contributed by atoms with Crippen molar-refractivity contribution in [3.63, 3.8) is 0 Å². The second-order valence-corrected chi connectivity index (χ2v) is 5.34. The minimum Gasteiger partial charge on any atom is -0.478 e. The van der Waals surface area contributed by atoms with E-state index in [0.29, 0.717) is 27.7 Å². The van der Waals surface area contributed by atoms with Crippen molar-refractivity contribution in [3.05, 3.63) is 58.9 Å². The van der Waals surface area contributed by atoms with Crippen LogP contribution in [0.5, 0.6) is 0 Å². The molecule has 0 atom stereocenters. The molecule has 2 aromatic carbocycles. The minimum atomic E-state index is -1.14. The zero-order chi connectivity index (χ0) is 16.7. The number of halogens is 1. The standard InChI is InChI=1S/C18H13FO4/c1-9-7-14-15(8-13(9)10(2)20)23-17(16(14)18(21)22)11-3-5-12(19)6-4-11/h3-8H,1-2H3,(H,21,22). The van der Waals surface area contributed by atoms with Crippen LogP contribution in [-0.4, -0.2) is 16.9 Å². The first-order valence-corrected chi connectivity index (χ1v) is 6.96. The molecule has 116 valence electrons. The number of ketones is 1. The van der Waals surface area contributed by atoms with Crippen LogP contribution in [0.4, 0.5) is 4.39 Å². The highest BCUT2D eigenvalue weighted by atomic mass is 19.1. The number of carboxylic acid groups (broad SMARTS) is 1. The van der Waals surface area contributed by atoms with Gasteiger partial charge in [0.05, 0.1) is 0 Å². The van der Waals surface area contributed by atoms with Crippen molar-refractivity contribution in [3.8, 4) is 11.3 Å². The molecule has 0 aliphatic heterocycles. The van der Waals surface area contributed by atoms with Crippen LogP contribution < -0.4 is 0 Å². The lowest BCUT2D eigenvalue weighted by molar-refractivity contribution is 0.0699. The van der Waals surface area contributed by atoms with Crippen LogP contribution in [0.1, 0.15) is 33.2 Å². The van der Waals surface area contributed by atoms with Crippen molar-refractivity contribution in [2.45, 2.75) is 13.8 Å². The third-order valence-corrected chi connectivity index (χ3v) is 3.73. The lowest BCUT2D eigenvalue weighted by atomic mass is 10.00. The number of carbonyl (C=O) groups excluding carboxylic acids is 1. The van der Waals surface area contributed by atoms with Gasteiger partial charge in [-0.25, -0.2) is 9.18 Å². The van der Waals surface area contributed by atoms with E-state index in [1.54, 1.807) is 19.1 Å². The van der Waals surface area contributed by atoms with Crippen molar-refractivity contribution in [1.29, 1.82) is 0 Å². The molecule has 0 bridgehead atoms. The van der Waals surface area contributed by atoms with Crippen LogP contribution in [0.3, 0.4) is 0 Å². The second-order valence-electron chi connectivity index (χ2n) is 5.34.